The summed E-state index contributed by atoms with van der Waals surface area (Å²) in [5, 5.41) is 12.5. The van der Waals surface area contributed by atoms with E-state index in [1.54, 1.807) is 4.90 Å². The van der Waals surface area contributed by atoms with E-state index >= 15 is 0 Å². The van der Waals surface area contributed by atoms with Gasteiger partial charge in [-0.15, -0.1) is 0 Å². The van der Waals surface area contributed by atoms with Crippen molar-refractivity contribution in [3.8, 4) is 0 Å². The molecule has 0 aromatic rings. The number of rotatable bonds is 2. The van der Waals surface area contributed by atoms with Gasteiger partial charge in [0.25, 0.3) is 0 Å². The number of aliphatic carboxylic acids is 1. The molecule has 2 saturated heterocycles. The fraction of sp³-hybridized carbons (Fsp3) is 0.882. The molecule has 3 unspecified atom stereocenters. The summed E-state index contributed by atoms with van der Waals surface area (Å²) in [5.41, 5.74) is 0.196. The van der Waals surface area contributed by atoms with Crippen LogP contribution in [0.5, 0.6) is 0 Å². The Morgan fingerprint density at radius 1 is 1.22 bits per heavy atom. The molecule has 3 rings (SSSR count). The Morgan fingerprint density at radius 3 is 2.65 bits per heavy atom. The Bertz CT molecular complexity index is 462. The molecule has 0 radical (unpaired) electrons. The number of nitrogens with one attached hydrogen (secondary N) is 1. The number of hydrogen-bond donors (Lipinski definition) is 2. The molecular weight excluding hydrogens is 296 g/mol. The summed E-state index contributed by atoms with van der Waals surface area (Å²) in [6.07, 6.45) is 6.04. The Kier molecular flexibility index (Phi) is 4.80. The van der Waals surface area contributed by atoms with Crippen molar-refractivity contribution in [2.45, 2.75) is 51.5 Å². The van der Waals surface area contributed by atoms with Crippen molar-refractivity contribution in [1.82, 2.24) is 10.2 Å². The van der Waals surface area contributed by atoms with E-state index in [0.717, 1.165) is 45.3 Å². The predicted molar refractivity (Wildman–Crippen MR) is 85.1 cm³/mol. The van der Waals surface area contributed by atoms with Gasteiger partial charge in [-0.1, -0.05) is 13.3 Å². The number of piperidine rings is 1. The van der Waals surface area contributed by atoms with Crippen molar-refractivity contribution in [1.29, 1.82) is 0 Å². The Balaban J connectivity index is 1.62. The third kappa shape index (κ3) is 3.47. The van der Waals surface area contributed by atoms with Gasteiger partial charge >= 0.3 is 12.0 Å². The van der Waals surface area contributed by atoms with Crippen LogP contribution in [0.3, 0.4) is 0 Å². The summed E-state index contributed by atoms with van der Waals surface area (Å²) < 4.78 is 5.49. The monoisotopic (exact) mass is 324 g/mol. The Labute approximate surface area is 137 Å². The van der Waals surface area contributed by atoms with E-state index in [9.17, 15) is 14.7 Å². The van der Waals surface area contributed by atoms with Gasteiger partial charge in [0.15, 0.2) is 0 Å². The van der Waals surface area contributed by atoms with Gasteiger partial charge < -0.3 is 20.1 Å². The zero-order chi connectivity index (χ0) is 16.4. The molecule has 0 aromatic carbocycles. The molecular formula is C17H28N2O4. The molecule has 3 atom stereocenters. The third-order valence-corrected chi connectivity index (χ3v) is 5.99. The first-order valence-corrected chi connectivity index (χ1v) is 8.86. The van der Waals surface area contributed by atoms with Crippen LogP contribution in [-0.4, -0.2) is 54.4 Å². The van der Waals surface area contributed by atoms with Crippen LogP contribution in [0.2, 0.25) is 0 Å². The second-order valence-corrected chi connectivity index (χ2v) is 7.65. The normalized spacial score (nSPS) is 33.6. The number of urea groups is 1. The first kappa shape index (κ1) is 16.6. The highest BCUT2D eigenvalue weighted by Crippen LogP contribution is 2.46. The maximum Gasteiger partial charge on any atom is 0.317 e. The number of amides is 2. The summed E-state index contributed by atoms with van der Waals surface area (Å²) >= 11 is 0. The lowest BCUT2D eigenvalue weighted by Crippen LogP contribution is -2.54. The molecule has 3 aliphatic rings. The van der Waals surface area contributed by atoms with Crippen LogP contribution in [0.15, 0.2) is 0 Å². The molecule has 1 saturated carbocycles. The van der Waals surface area contributed by atoms with Gasteiger partial charge in [-0.05, 0) is 43.4 Å². The molecule has 23 heavy (non-hydrogen) atoms. The predicted octanol–water partition coefficient (Wildman–Crippen LogP) is 2.09. The van der Waals surface area contributed by atoms with Crippen LogP contribution in [-0.2, 0) is 9.53 Å². The number of carbonyl (C=O) groups excluding carboxylic acids is 1. The number of carbonyl (C=O) groups is 2. The minimum atomic E-state index is -0.795. The van der Waals surface area contributed by atoms with E-state index in [1.807, 2.05) is 6.92 Å². The van der Waals surface area contributed by atoms with Gasteiger partial charge in [-0.2, -0.15) is 0 Å². The summed E-state index contributed by atoms with van der Waals surface area (Å²) in [6, 6.07) is 0.125. The SMILES string of the molecule is CC1CC(C(=O)O)CN(C(=O)NC2CCCC23CCOCC3)C1. The first-order chi connectivity index (χ1) is 11.0. The lowest BCUT2D eigenvalue weighted by molar-refractivity contribution is -0.143. The lowest BCUT2D eigenvalue weighted by atomic mass is 9.75. The molecule has 6 heteroatoms. The van der Waals surface area contributed by atoms with E-state index in [-0.39, 0.29) is 23.4 Å². The van der Waals surface area contributed by atoms with Crippen LogP contribution in [0.25, 0.3) is 0 Å². The van der Waals surface area contributed by atoms with Crippen LogP contribution in [0, 0.1) is 17.3 Å². The summed E-state index contributed by atoms with van der Waals surface area (Å²) in [7, 11) is 0. The number of carboxylic acids is 1. The molecule has 2 N–H and O–H groups in total. The Morgan fingerprint density at radius 2 is 1.96 bits per heavy atom. The smallest absolute Gasteiger partial charge is 0.317 e. The van der Waals surface area contributed by atoms with Gasteiger partial charge in [0.05, 0.1) is 5.92 Å². The molecule has 1 spiro atoms. The molecule has 2 heterocycles. The van der Waals surface area contributed by atoms with Crippen molar-refractivity contribution >= 4 is 12.0 Å². The molecule has 0 bridgehead atoms. The van der Waals surface area contributed by atoms with Gasteiger partial charge in [-0.3, -0.25) is 4.79 Å². The van der Waals surface area contributed by atoms with E-state index in [1.165, 1.54) is 0 Å². The molecule has 130 valence electrons. The standard InChI is InChI=1S/C17H28N2O4/c1-12-9-13(15(20)21)11-19(10-12)16(22)18-14-3-2-4-17(14)5-7-23-8-6-17/h12-14H,2-11H2,1H3,(H,18,22)(H,20,21). The fourth-order valence-electron chi connectivity index (χ4n) is 4.68. The van der Waals surface area contributed by atoms with Crippen molar-refractivity contribution in [2.24, 2.45) is 17.3 Å². The number of ether oxygens (including phenoxy) is 1. The Hall–Kier alpha value is -1.30. The molecule has 2 aliphatic heterocycles. The van der Waals surface area contributed by atoms with Crippen LogP contribution in [0.4, 0.5) is 4.79 Å². The highest BCUT2D eigenvalue weighted by atomic mass is 16.5. The highest BCUT2D eigenvalue weighted by Gasteiger charge is 2.45. The second kappa shape index (κ2) is 6.67. The fourth-order valence-corrected chi connectivity index (χ4v) is 4.68. The first-order valence-electron chi connectivity index (χ1n) is 8.86. The summed E-state index contributed by atoms with van der Waals surface area (Å²) in [6.45, 7) is 4.57. The zero-order valence-electron chi connectivity index (χ0n) is 13.9. The van der Waals surface area contributed by atoms with Crippen molar-refractivity contribution in [3.63, 3.8) is 0 Å². The average Bonchev–Trinajstić information content (AvgIpc) is 2.89. The van der Waals surface area contributed by atoms with Crippen molar-refractivity contribution in [3.05, 3.63) is 0 Å². The maximum absolute atomic E-state index is 12.7. The van der Waals surface area contributed by atoms with Gasteiger partial charge in [0.2, 0.25) is 0 Å². The number of likely N-dealkylation sites (tertiary alicyclic amines) is 1. The summed E-state index contributed by atoms with van der Waals surface area (Å²) in [5.74, 6) is -1.00. The average molecular weight is 324 g/mol. The maximum atomic E-state index is 12.7. The highest BCUT2D eigenvalue weighted by molar-refractivity contribution is 5.77. The molecule has 3 fully saturated rings. The van der Waals surface area contributed by atoms with Crippen molar-refractivity contribution in [2.75, 3.05) is 26.3 Å². The minimum Gasteiger partial charge on any atom is -0.481 e. The van der Waals surface area contributed by atoms with E-state index in [4.69, 9.17) is 4.74 Å². The quantitative estimate of drug-likeness (QED) is 0.815. The van der Waals surface area contributed by atoms with Crippen LogP contribution in [0.1, 0.15) is 45.4 Å². The lowest BCUT2D eigenvalue weighted by Gasteiger charge is -2.41. The second-order valence-electron chi connectivity index (χ2n) is 7.65. The van der Waals surface area contributed by atoms with Crippen LogP contribution < -0.4 is 5.32 Å². The van der Waals surface area contributed by atoms with Crippen LogP contribution >= 0.6 is 0 Å². The number of carboxylic acid groups (broad SMARTS) is 1. The molecule has 1 aliphatic carbocycles. The van der Waals surface area contributed by atoms with Gasteiger partial charge in [0.1, 0.15) is 0 Å². The third-order valence-electron chi connectivity index (χ3n) is 5.99. The molecule has 6 nitrogen and oxygen atoms in total. The van der Waals surface area contributed by atoms with E-state index in [2.05, 4.69) is 5.32 Å². The zero-order valence-corrected chi connectivity index (χ0v) is 13.9. The van der Waals surface area contributed by atoms with Crippen molar-refractivity contribution < 1.29 is 19.4 Å². The largest absolute Gasteiger partial charge is 0.481 e. The van der Waals surface area contributed by atoms with Gasteiger partial charge in [-0.25, -0.2) is 4.79 Å². The number of hydrogen-bond acceptors (Lipinski definition) is 3. The minimum absolute atomic E-state index is 0.0828. The number of nitrogens with zero attached hydrogens (tertiary/aromatic N) is 1. The van der Waals surface area contributed by atoms with Gasteiger partial charge in [0, 0.05) is 32.3 Å². The summed E-state index contributed by atoms with van der Waals surface area (Å²) in [4.78, 5) is 25.7. The molecule has 2 amide bonds. The van der Waals surface area contributed by atoms with E-state index in [0.29, 0.717) is 19.5 Å². The van der Waals surface area contributed by atoms with E-state index < -0.39 is 11.9 Å². The topological polar surface area (TPSA) is 78.9 Å². The molecule has 0 aromatic heterocycles.